The Morgan fingerprint density at radius 2 is 2.25 bits per heavy atom. The molecule has 1 N–H and O–H groups in total. The first-order valence-electron chi connectivity index (χ1n) is 5.80. The molecule has 1 aliphatic heterocycles. The highest BCUT2D eigenvalue weighted by Gasteiger charge is 2.20. The molecular formula is C12H18ClNOS. The van der Waals surface area contributed by atoms with Gasteiger partial charge in [-0.15, -0.1) is 11.3 Å². The maximum Gasteiger partial charge on any atom is 0.0931 e. The summed E-state index contributed by atoms with van der Waals surface area (Å²) in [5.41, 5.74) is 0. The molecule has 90 valence electrons. The fourth-order valence-electron chi connectivity index (χ4n) is 2.21. The molecule has 2 nitrogen and oxygen atoms in total. The number of ether oxygens (including phenoxy) is 1. The molecular weight excluding hydrogens is 242 g/mol. The maximum atomic E-state index is 5.97. The molecule has 0 radical (unpaired) electrons. The van der Waals surface area contributed by atoms with Crippen LogP contribution in [0.25, 0.3) is 0 Å². The zero-order chi connectivity index (χ0) is 11.4. The van der Waals surface area contributed by atoms with Crippen molar-refractivity contribution >= 4 is 22.9 Å². The zero-order valence-electron chi connectivity index (χ0n) is 9.54. The van der Waals surface area contributed by atoms with Gasteiger partial charge in [-0.3, -0.25) is 0 Å². The third kappa shape index (κ3) is 3.20. The number of hydrogen-bond donors (Lipinski definition) is 1. The van der Waals surface area contributed by atoms with Crippen LogP contribution in [0.4, 0.5) is 0 Å². The van der Waals surface area contributed by atoms with Gasteiger partial charge in [-0.2, -0.15) is 0 Å². The quantitative estimate of drug-likeness (QED) is 0.894. The fourth-order valence-corrected chi connectivity index (χ4v) is 3.39. The van der Waals surface area contributed by atoms with E-state index in [0.29, 0.717) is 6.04 Å². The van der Waals surface area contributed by atoms with Crippen LogP contribution in [-0.4, -0.2) is 20.3 Å². The second-order valence-electron chi connectivity index (χ2n) is 4.27. The van der Waals surface area contributed by atoms with Crippen LogP contribution in [0.1, 0.15) is 30.2 Å². The Hall–Kier alpha value is -0.0900. The molecule has 1 atom stereocenters. The summed E-state index contributed by atoms with van der Waals surface area (Å²) in [5.74, 6) is 0.784. The van der Waals surface area contributed by atoms with E-state index in [4.69, 9.17) is 16.3 Å². The molecule has 1 aromatic heterocycles. The third-order valence-corrected chi connectivity index (χ3v) is 4.54. The van der Waals surface area contributed by atoms with Gasteiger partial charge in [0, 0.05) is 24.1 Å². The van der Waals surface area contributed by atoms with Crippen LogP contribution in [0.2, 0.25) is 4.34 Å². The molecule has 0 bridgehead atoms. The van der Waals surface area contributed by atoms with Gasteiger partial charge in [0.2, 0.25) is 0 Å². The monoisotopic (exact) mass is 259 g/mol. The van der Waals surface area contributed by atoms with Crippen molar-refractivity contribution in [3.05, 3.63) is 21.3 Å². The minimum atomic E-state index is 0.445. The lowest BCUT2D eigenvalue weighted by molar-refractivity contribution is 0.0609. The van der Waals surface area contributed by atoms with Crippen molar-refractivity contribution in [1.82, 2.24) is 5.32 Å². The molecule has 1 unspecified atom stereocenters. The SMILES string of the molecule is CNC(CC1CCOCC1)c1ccc(Cl)s1. The van der Waals surface area contributed by atoms with Crippen molar-refractivity contribution < 1.29 is 4.74 Å². The smallest absolute Gasteiger partial charge is 0.0931 e. The van der Waals surface area contributed by atoms with Gasteiger partial charge < -0.3 is 10.1 Å². The Kier molecular flexibility index (Phi) is 4.65. The third-order valence-electron chi connectivity index (χ3n) is 3.20. The van der Waals surface area contributed by atoms with Gasteiger partial charge in [-0.05, 0) is 44.4 Å². The van der Waals surface area contributed by atoms with Gasteiger partial charge in [0.1, 0.15) is 0 Å². The molecule has 1 fully saturated rings. The first-order chi connectivity index (χ1) is 7.79. The number of nitrogens with one attached hydrogen (secondary N) is 1. The summed E-state index contributed by atoms with van der Waals surface area (Å²) in [4.78, 5) is 1.35. The molecule has 0 saturated carbocycles. The van der Waals surface area contributed by atoms with E-state index in [1.54, 1.807) is 11.3 Å². The molecule has 2 rings (SSSR count). The van der Waals surface area contributed by atoms with Crippen molar-refractivity contribution in [2.45, 2.75) is 25.3 Å². The highest BCUT2D eigenvalue weighted by atomic mass is 35.5. The molecule has 0 aliphatic carbocycles. The summed E-state index contributed by atoms with van der Waals surface area (Å²) in [6.07, 6.45) is 3.57. The number of hydrogen-bond acceptors (Lipinski definition) is 3. The molecule has 1 aliphatic rings. The zero-order valence-corrected chi connectivity index (χ0v) is 11.1. The lowest BCUT2D eigenvalue weighted by Crippen LogP contribution is -2.23. The second-order valence-corrected chi connectivity index (χ2v) is 6.02. The normalized spacial score (nSPS) is 19.9. The fraction of sp³-hybridized carbons (Fsp3) is 0.667. The molecule has 4 heteroatoms. The minimum Gasteiger partial charge on any atom is -0.381 e. The summed E-state index contributed by atoms with van der Waals surface area (Å²) in [5, 5.41) is 3.39. The molecule has 0 amide bonds. The topological polar surface area (TPSA) is 21.3 Å². The van der Waals surface area contributed by atoms with E-state index in [9.17, 15) is 0 Å². The first-order valence-corrected chi connectivity index (χ1v) is 6.99. The predicted octanol–water partition coefficient (Wildman–Crippen LogP) is 3.48. The largest absolute Gasteiger partial charge is 0.381 e. The van der Waals surface area contributed by atoms with E-state index in [0.717, 1.165) is 23.5 Å². The van der Waals surface area contributed by atoms with Gasteiger partial charge in [0.25, 0.3) is 0 Å². The summed E-state index contributed by atoms with van der Waals surface area (Å²) in [7, 11) is 2.03. The van der Waals surface area contributed by atoms with Gasteiger partial charge in [0.15, 0.2) is 0 Å². The average molecular weight is 260 g/mol. The van der Waals surface area contributed by atoms with Crippen LogP contribution in [0, 0.1) is 5.92 Å². The van der Waals surface area contributed by atoms with Crippen molar-refractivity contribution in [1.29, 1.82) is 0 Å². The second kappa shape index (κ2) is 6.01. The van der Waals surface area contributed by atoms with Crippen molar-refractivity contribution in [2.75, 3.05) is 20.3 Å². The molecule has 2 heterocycles. The molecule has 1 aromatic rings. The number of rotatable bonds is 4. The Balaban J connectivity index is 1.94. The Morgan fingerprint density at radius 3 is 2.81 bits per heavy atom. The summed E-state index contributed by atoms with van der Waals surface area (Å²) < 4.78 is 6.26. The van der Waals surface area contributed by atoms with Crippen molar-refractivity contribution in [3.8, 4) is 0 Å². The van der Waals surface area contributed by atoms with Crippen LogP contribution in [-0.2, 0) is 4.74 Å². The average Bonchev–Trinajstić information content (AvgIpc) is 2.74. The van der Waals surface area contributed by atoms with Crippen molar-refractivity contribution in [2.24, 2.45) is 5.92 Å². The minimum absolute atomic E-state index is 0.445. The Bertz CT molecular complexity index is 323. The number of halogens is 1. The van der Waals surface area contributed by atoms with Crippen LogP contribution >= 0.6 is 22.9 Å². The van der Waals surface area contributed by atoms with Crippen molar-refractivity contribution in [3.63, 3.8) is 0 Å². The van der Waals surface area contributed by atoms with Gasteiger partial charge in [0.05, 0.1) is 4.34 Å². The van der Waals surface area contributed by atoms with Crippen LogP contribution < -0.4 is 5.32 Å². The van der Waals surface area contributed by atoms with Crippen LogP contribution in [0.15, 0.2) is 12.1 Å². The highest BCUT2D eigenvalue weighted by Crippen LogP contribution is 2.32. The number of thiophene rings is 1. The van der Waals surface area contributed by atoms with Gasteiger partial charge in [-0.25, -0.2) is 0 Å². The molecule has 16 heavy (non-hydrogen) atoms. The predicted molar refractivity (Wildman–Crippen MR) is 69.3 cm³/mol. The summed E-state index contributed by atoms with van der Waals surface area (Å²) in [6, 6.07) is 4.56. The van der Waals surface area contributed by atoms with E-state index < -0.39 is 0 Å². The summed E-state index contributed by atoms with van der Waals surface area (Å²) in [6.45, 7) is 1.85. The lowest BCUT2D eigenvalue weighted by atomic mass is 9.92. The Labute approximate surface area is 106 Å². The van der Waals surface area contributed by atoms with Crippen LogP contribution in [0.3, 0.4) is 0 Å². The van der Waals surface area contributed by atoms with Gasteiger partial charge in [-0.1, -0.05) is 11.6 Å². The standard InChI is InChI=1S/C12H18ClNOS/c1-14-10(11-2-3-12(13)16-11)8-9-4-6-15-7-5-9/h2-3,9-10,14H,4-8H2,1H3. The molecule has 0 spiro atoms. The highest BCUT2D eigenvalue weighted by molar-refractivity contribution is 7.16. The maximum absolute atomic E-state index is 5.97. The van der Waals surface area contributed by atoms with Gasteiger partial charge >= 0.3 is 0 Å². The van der Waals surface area contributed by atoms with E-state index in [1.165, 1.54) is 24.1 Å². The van der Waals surface area contributed by atoms with E-state index in [2.05, 4.69) is 11.4 Å². The van der Waals surface area contributed by atoms with E-state index in [-0.39, 0.29) is 0 Å². The lowest BCUT2D eigenvalue weighted by Gasteiger charge is -2.26. The first kappa shape index (κ1) is 12.4. The van der Waals surface area contributed by atoms with Crippen LogP contribution in [0.5, 0.6) is 0 Å². The summed E-state index contributed by atoms with van der Waals surface area (Å²) >= 11 is 7.66. The molecule has 1 saturated heterocycles. The molecule has 0 aromatic carbocycles. The van der Waals surface area contributed by atoms with E-state index in [1.807, 2.05) is 13.1 Å². The van der Waals surface area contributed by atoms with E-state index >= 15 is 0 Å². The Morgan fingerprint density at radius 1 is 1.50 bits per heavy atom.